The molecule has 4 heteroatoms. The Balaban J connectivity index is 1.99. The van der Waals surface area contributed by atoms with Crippen LogP contribution in [0.5, 0.6) is 11.8 Å². The molecule has 112 valence electrons. The first-order valence-corrected chi connectivity index (χ1v) is 7.23. The zero-order valence-electron chi connectivity index (χ0n) is 12.8. The van der Waals surface area contributed by atoms with E-state index in [0.29, 0.717) is 12.5 Å². The van der Waals surface area contributed by atoms with E-state index in [-0.39, 0.29) is 6.08 Å². The van der Waals surface area contributed by atoms with Crippen molar-refractivity contribution in [1.82, 2.24) is 10.3 Å². The Hall–Kier alpha value is -2.07. The van der Waals surface area contributed by atoms with Gasteiger partial charge in [-0.3, -0.25) is 0 Å². The van der Waals surface area contributed by atoms with E-state index in [0.717, 1.165) is 23.6 Å². The molecular weight excluding hydrogens is 264 g/mol. The summed E-state index contributed by atoms with van der Waals surface area (Å²) in [6, 6.07) is 7.79. The Bertz CT molecular complexity index is 588. The molecule has 0 aliphatic carbocycles. The maximum atomic E-state index is 5.71. The molecule has 1 aromatic carbocycles. The third-order valence-corrected chi connectivity index (χ3v) is 2.85. The Morgan fingerprint density at radius 2 is 2.14 bits per heavy atom. The maximum Gasteiger partial charge on any atom is 0.399 e. The lowest BCUT2D eigenvalue weighted by atomic mass is 10.2. The van der Waals surface area contributed by atoms with Gasteiger partial charge in [-0.2, -0.15) is 4.98 Å². The van der Waals surface area contributed by atoms with Gasteiger partial charge in [-0.05, 0) is 25.5 Å². The van der Waals surface area contributed by atoms with E-state index in [4.69, 9.17) is 9.15 Å². The zero-order valence-corrected chi connectivity index (χ0v) is 12.8. The van der Waals surface area contributed by atoms with Crippen molar-refractivity contribution in [2.45, 2.75) is 27.3 Å². The maximum absolute atomic E-state index is 5.71. The summed E-state index contributed by atoms with van der Waals surface area (Å²) in [4.78, 5) is 4.33. The molecule has 0 bridgehead atoms. The number of oxazole rings is 1. The SMILES string of the molecule is C/C=C/c1ccccc1Oc1nc(CNCC(C)C)co1. The van der Waals surface area contributed by atoms with Gasteiger partial charge in [0.05, 0.1) is 5.69 Å². The topological polar surface area (TPSA) is 47.3 Å². The fourth-order valence-electron chi connectivity index (χ4n) is 1.89. The minimum atomic E-state index is 0.272. The van der Waals surface area contributed by atoms with Gasteiger partial charge in [0.1, 0.15) is 12.0 Å². The van der Waals surface area contributed by atoms with E-state index in [2.05, 4.69) is 24.1 Å². The molecule has 4 nitrogen and oxygen atoms in total. The third kappa shape index (κ3) is 4.76. The minimum Gasteiger partial charge on any atom is -0.417 e. The third-order valence-electron chi connectivity index (χ3n) is 2.85. The van der Waals surface area contributed by atoms with Crippen molar-refractivity contribution < 1.29 is 9.15 Å². The Morgan fingerprint density at radius 1 is 1.33 bits per heavy atom. The average Bonchev–Trinajstić information content (AvgIpc) is 2.88. The first-order valence-electron chi connectivity index (χ1n) is 7.23. The van der Waals surface area contributed by atoms with Crippen LogP contribution in [0.2, 0.25) is 0 Å². The Labute approximate surface area is 125 Å². The van der Waals surface area contributed by atoms with E-state index in [1.54, 1.807) is 6.26 Å². The molecule has 0 aliphatic heterocycles. The summed E-state index contributed by atoms with van der Waals surface area (Å²) in [6.45, 7) is 7.94. The molecule has 0 saturated carbocycles. The van der Waals surface area contributed by atoms with Gasteiger partial charge in [-0.15, -0.1) is 0 Å². The lowest BCUT2D eigenvalue weighted by Gasteiger charge is -2.05. The monoisotopic (exact) mass is 286 g/mol. The smallest absolute Gasteiger partial charge is 0.399 e. The summed E-state index contributed by atoms with van der Waals surface area (Å²) in [5.74, 6) is 1.35. The second-order valence-electron chi connectivity index (χ2n) is 5.27. The highest BCUT2D eigenvalue weighted by atomic mass is 16.6. The van der Waals surface area contributed by atoms with Crippen molar-refractivity contribution in [3.05, 3.63) is 47.9 Å². The van der Waals surface area contributed by atoms with Crippen LogP contribution in [0.25, 0.3) is 6.08 Å². The van der Waals surface area contributed by atoms with E-state index in [1.807, 2.05) is 43.3 Å². The van der Waals surface area contributed by atoms with Gasteiger partial charge in [-0.1, -0.05) is 44.2 Å². The van der Waals surface area contributed by atoms with Crippen LogP contribution < -0.4 is 10.1 Å². The predicted octanol–water partition coefficient (Wildman–Crippen LogP) is 4.25. The molecule has 2 rings (SSSR count). The summed E-state index contributed by atoms with van der Waals surface area (Å²) >= 11 is 0. The van der Waals surface area contributed by atoms with Gasteiger partial charge in [0.25, 0.3) is 0 Å². The standard InChI is InChI=1S/C17H22N2O2/c1-4-7-14-8-5-6-9-16(14)21-17-19-15(12-20-17)11-18-10-13(2)3/h4-9,12-13,18H,10-11H2,1-3H3/b7-4+. The highest BCUT2D eigenvalue weighted by molar-refractivity contribution is 5.57. The Kier molecular flexibility index (Phi) is 5.58. The van der Waals surface area contributed by atoms with Crippen molar-refractivity contribution in [3.8, 4) is 11.8 Å². The van der Waals surface area contributed by atoms with E-state index in [9.17, 15) is 0 Å². The van der Waals surface area contributed by atoms with Crippen LogP contribution in [0.1, 0.15) is 32.0 Å². The lowest BCUT2D eigenvalue weighted by Crippen LogP contribution is -2.19. The van der Waals surface area contributed by atoms with Crippen LogP contribution in [-0.4, -0.2) is 11.5 Å². The first kappa shape index (κ1) is 15.3. The molecule has 0 atom stereocenters. The van der Waals surface area contributed by atoms with Crippen LogP contribution >= 0.6 is 0 Å². The predicted molar refractivity (Wildman–Crippen MR) is 84.3 cm³/mol. The molecular formula is C17H22N2O2. The number of ether oxygens (including phenoxy) is 1. The van der Waals surface area contributed by atoms with E-state index >= 15 is 0 Å². The number of nitrogens with one attached hydrogen (secondary N) is 1. The number of para-hydroxylation sites is 1. The largest absolute Gasteiger partial charge is 0.417 e. The highest BCUT2D eigenvalue weighted by Gasteiger charge is 2.08. The van der Waals surface area contributed by atoms with Gasteiger partial charge in [0, 0.05) is 12.1 Å². The van der Waals surface area contributed by atoms with E-state index in [1.165, 1.54) is 0 Å². The number of nitrogens with zero attached hydrogens (tertiary/aromatic N) is 1. The lowest BCUT2D eigenvalue weighted by molar-refractivity contribution is 0.330. The second-order valence-corrected chi connectivity index (χ2v) is 5.27. The molecule has 0 spiro atoms. The zero-order chi connectivity index (χ0) is 15.1. The molecule has 0 radical (unpaired) electrons. The quantitative estimate of drug-likeness (QED) is 0.826. The number of aromatic nitrogens is 1. The Morgan fingerprint density at radius 3 is 2.90 bits per heavy atom. The van der Waals surface area contributed by atoms with Gasteiger partial charge < -0.3 is 14.5 Å². The summed E-state index contributed by atoms with van der Waals surface area (Å²) in [6.07, 6.45) is 5.86. The molecule has 0 fully saturated rings. The van der Waals surface area contributed by atoms with Gasteiger partial charge >= 0.3 is 6.08 Å². The summed E-state index contributed by atoms with van der Waals surface area (Å²) < 4.78 is 11.1. The number of allylic oxidation sites excluding steroid dienone is 1. The van der Waals surface area contributed by atoms with Gasteiger partial charge in [-0.25, -0.2) is 0 Å². The van der Waals surface area contributed by atoms with Crippen molar-refractivity contribution in [1.29, 1.82) is 0 Å². The number of hydrogen-bond donors (Lipinski definition) is 1. The van der Waals surface area contributed by atoms with Gasteiger partial charge in [0.2, 0.25) is 0 Å². The fourth-order valence-corrected chi connectivity index (χ4v) is 1.89. The molecule has 1 aromatic heterocycles. The number of rotatable bonds is 7. The summed E-state index contributed by atoms with van der Waals surface area (Å²) in [7, 11) is 0. The normalized spacial score (nSPS) is 11.4. The van der Waals surface area contributed by atoms with Crippen LogP contribution in [0.3, 0.4) is 0 Å². The molecule has 0 saturated heterocycles. The fraction of sp³-hybridized carbons (Fsp3) is 0.353. The van der Waals surface area contributed by atoms with Crippen LogP contribution in [0.15, 0.2) is 41.0 Å². The molecule has 0 aliphatic rings. The second kappa shape index (κ2) is 7.64. The van der Waals surface area contributed by atoms with Crippen LogP contribution in [-0.2, 0) is 6.54 Å². The summed E-state index contributed by atoms with van der Waals surface area (Å²) in [5, 5.41) is 3.32. The van der Waals surface area contributed by atoms with Crippen molar-refractivity contribution in [2.75, 3.05) is 6.54 Å². The molecule has 1 heterocycles. The number of hydrogen-bond acceptors (Lipinski definition) is 4. The van der Waals surface area contributed by atoms with Crippen LogP contribution in [0.4, 0.5) is 0 Å². The molecule has 2 aromatic rings. The highest BCUT2D eigenvalue weighted by Crippen LogP contribution is 2.25. The minimum absolute atomic E-state index is 0.272. The molecule has 0 amide bonds. The molecule has 0 unspecified atom stereocenters. The molecule has 21 heavy (non-hydrogen) atoms. The average molecular weight is 286 g/mol. The van der Waals surface area contributed by atoms with Crippen molar-refractivity contribution >= 4 is 6.08 Å². The first-order chi connectivity index (χ1) is 10.2. The number of benzene rings is 1. The van der Waals surface area contributed by atoms with E-state index < -0.39 is 0 Å². The summed E-state index contributed by atoms with van der Waals surface area (Å²) in [5.41, 5.74) is 1.84. The van der Waals surface area contributed by atoms with Crippen molar-refractivity contribution in [3.63, 3.8) is 0 Å². The molecule has 1 N–H and O–H groups in total. The van der Waals surface area contributed by atoms with Crippen LogP contribution in [0, 0.1) is 5.92 Å². The van der Waals surface area contributed by atoms with Gasteiger partial charge in [0.15, 0.2) is 0 Å². The van der Waals surface area contributed by atoms with Crippen molar-refractivity contribution in [2.24, 2.45) is 5.92 Å².